The van der Waals surface area contributed by atoms with E-state index in [1.165, 1.54) is 199 Å². The number of hydrogen-bond donors (Lipinski definition) is 3. The molecule has 0 saturated heterocycles. The van der Waals surface area contributed by atoms with E-state index >= 15 is 0 Å². The Bertz CT molecular complexity index is 982. The summed E-state index contributed by atoms with van der Waals surface area (Å²) >= 11 is 0. The van der Waals surface area contributed by atoms with Crippen LogP contribution in [0.15, 0.2) is 24.3 Å². The lowest BCUT2D eigenvalue weighted by atomic mass is 10.0. The summed E-state index contributed by atoms with van der Waals surface area (Å²) in [6.07, 6.45) is 63.2. The van der Waals surface area contributed by atoms with Gasteiger partial charge in [0.25, 0.3) is 0 Å². The zero-order chi connectivity index (χ0) is 45.8. The molecule has 0 aromatic rings. The molecule has 1 amide bonds. The Morgan fingerprint density at radius 3 is 1.17 bits per heavy atom. The number of ether oxygens (including phenoxy) is 1. The zero-order valence-corrected chi connectivity index (χ0v) is 42.3. The monoisotopic (exact) mass is 888 g/mol. The molecule has 0 aliphatic rings. The van der Waals surface area contributed by atoms with Gasteiger partial charge in [0, 0.05) is 12.8 Å². The van der Waals surface area contributed by atoms with Crippen LogP contribution in [0.3, 0.4) is 0 Å². The Morgan fingerprint density at radius 2 is 0.762 bits per heavy atom. The van der Waals surface area contributed by atoms with Crippen molar-refractivity contribution in [1.82, 2.24) is 5.32 Å². The zero-order valence-electron chi connectivity index (χ0n) is 42.3. The lowest BCUT2D eigenvalue weighted by Crippen LogP contribution is -2.45. The first-order chi connectivity index (χ1) is 31.0. The first kappa shape index (κ1) is 61.3. The molecule has 0 aliphatic heterocycles. The molecule has 6 nitrogen and oxygen atoms in total. The lowest BCUT2D eigenvalue weighted by Gasteiger charge is -2.22. The minimum atomic E-state index is -0.696. The number of allylic oxidation sites excluding steroid dienone is 4. The second kappa shape index (κ2) is 53.0. The first-order valence-corrected chi connectivity index (χ1v) is 28.1. The summed E-state index contributed by atoms with van der Waals surface area (Å²) in [4.78, 5) is 24.5. The van der Waals surface area contributed by atoms with Gasteiger partial charge in [0.15, 0.2) is 0 Å². The topological polar surface area (TPSA) is 95.9 Å². The van der Waals surface area contributed by atoms with E-state index in [4.69, 9.17) is 4.74 Å². The molecule has 63 heavy (non-hydrogen) atoms. The van der Waals surface area contributed by atoms with Crippen molar-refractivity contribution in [2.45, 2.75) is 315 Å². The van der Waals surface area contributed by atoms with E-state index in [0.29, 0.717) is 25.9 Å². The average molecular weight is 889 g/mol. The maximum absolute atomic E-state index is 12.5. The Balaban J connectivity index is 3.52. The van der Waals surface area contributed by atoms with Gasteiger partial charge in [0.2, 0.25) is 5.91 Å². The summed E-state index contributed by atoms with van der Waals surface area (Å²) in [6, 6.07) is -0.580. The third kappa shape index (κ3) is 49.6. The Morgan fingerprint density at radius 1 is 0.429 bits per heavy atom. The maximum atomic E-state index is 12.5. The molecular weight excluding hydrogens is 779 g/mol. The lowest BCUT2D eigenvalue weighted by molar-refractivity contribution is -0.143. The van der Waals surface area contributed by atoms with Crippen LogP contribution in [0.1, 0.15) is 303 Å². The van der Waals surface area contributed by atoms with Gasteiger partial charge in [0.1, 0.15) is 0 Å². The molecule has 0 fully saturated rings. The average Bonchev–Trinajstić information content (AvgIpc) is 3.28. The van der Waals surface area contributed by atoms with Crippen molar-refractivity contribution in [2.24, 2.45) is 0 Å². The van der Waals surface area contributed by atoms with Crippen LogP contribution in [-0.2, 0) is 14.3 Å². The van der Waals surface area contributed by atoms with E-state index in [9.17, 15) is 19.8 Å². The minimum absolute atomic E-state index is 0.0441. The predicted octanol–water partition coefficient (Wildman–Crippen LogP) is 17.1. The molecule has 2 atom stereocenters. The highest BCUT2D eigenvalue weighted by atomic mass is 16.5. The molecule has 3 N–H and O–H groups in total. The van der Waals surface area contributed by atoms with Crippen LogP contribution in [0.4, 0.5) is 0 Å². The standard InChI is InChI=1S/C57H109NO5/c1-3-5-7-9-11-13-15-17-18-19-20-21-22-23-24-25-26-27-29-30-33-37-41-45-49-55(60)54(53-59)58-56(61)50-46-42-38-34-32-36-40-44-48-52-63-57(62)51-47-43-39-35-31-28-16-14-12-10-8-6-4-2/h14,16,34,38,54-55,59-60H,3-13,15,17-33,35-37,39-53H2,1-2H3,(H,58,61)/b16-14-,38-34-. The second-order valence-corrected chi connectivity index (χ2v) is 19.3. The third-order valence-electron chi connectivity index (χ3n) is 13.0. The van der Waals surface area contributed by atoms with Crippen molar-refractivity contribution in [3.05, 3.63) is 24.3 Å². The molecule has 0 aromatic heterocycles. The van der Waals surface area contributed by atoms with Crippen molar-refractivity contribution in [1.29, 1.82) is 0 Å². The van der Waals surface area contributed by atoms with Crippen molar-refractivity contribution in [3.8, 4) is 0 Å². The van der Waals surface area contributed by atoms with Gasteiger partial charge in [-0.3, -0.25) is 9.59 Å². The highest BCUT2D eigenvalue weighted by Gasteiger charge is 2.20. The summed E-state index contributed by atoms with van der Waals surface area (Å²) in [5.74, 6) is -0.138. The highest BCUT2D eigenvalue weighted by molar-refractivity contribution is 5.76. The number of carbonyl (C=O) groups excluding carboxylic acids is 2. The van der Waals surface area contributed by atoms with E-state index in [1.807, 2.05) is 0 Å². The molecule has 0 rings (SSSR count). The summed E-state index contributed by atoms with van der Waals surface area (Å²) in [5, 5.41) is 23.3. The van der Waals surface area contributed by atoms with Gasteiger partial charge < -0.3 is 20.3 Å². The Kier molecular flexibility index (Phi) is 51.6. The van der Waals surface area contributed by atoms with Crippen LogP contribution in [-0.4, -0.2) is 47.4 Å². The van der Waals surface area contributed by atoms with Crippen molar-refractivity contribution >= 4 is 11.9 Å². The SMILES string of the molecule is CCCCCC/C=C\CCCCCCCC(=O)OCCCCCC/C=C\CCCC(=O)NC(CO)C(O)CCCCCCCCCCCCCCCCCCCCCCCCCC. The number of aliphatic hydroxyl groups is 2. The maximum Gasteiger partial charge on any atom is 0.305 e. The van der Waals surface area contributed by atoms with E-state index in [-0.39, 0.29) is 18.5 Å². The molecule has 0 heterocycles. The number of esters is 1. The number of hydrogen-bond acceptors (Lipinski definition) is 5. The van der Waals surface area contributed by atoms with Gasteiger partial charge in [-0.1, -0.05) is 244 Å². The fraction of sp³-hybridized carbons (Fsp3) is 0.895. The molecule has 0 aliphatic carbocycles. The van der Waals surface area contributed by atoms with Crippen LogP contribution >= 0.6 is 0 Å². The van der Waals surface area contributed by atoms with E-state index in [2.05, 4.69) is 43.5 Å². The van der Waals surface area contributed by atoms with Gasteiger partial charge >= 0.3 is 5.97 Å². The van der Waals surface area contributed by atoms with Crippen molar-refractivity contribution in [3.63, 3.8) is 0 Å². The summed E-state index contributed by atoms with van der Waals surface area (Å²) in [5.41, 5.74) is 0. The largest absolute Gasteiger partial charge is 0.466 e. The van der Waals surface area contributed by atoms with Crippen LogP contribution < -0.4 is 5.32 Å². The molecule has 2 unspecified atom stereocenters. The number of unbranched alkanes of at least 4 members (excludes halogenated alkanes) is 37. The molecule has 0 radical (unpaired) electrons. The van der Waals surface area contributed by atoms with Gasteiger partial charge in [-0.25, -0.2) is 0 Å². The molecule has 0 saturated carbocycles. The van der Waals surface area contributed by atoms with Gasteiger partial charge in [-0.15, -0.1) is 0 Å². The number of nitrogens with one attached hydrogen (secondary N) is 1. The van der Waals surface area contributed by atoms with Gasteiger partial charge in [-0.2, -0.15) is 0 Å². The van der Waals surface area contributed by atoms with E-state index in [1.54, 1.807) is 0 Å². The molecule has 6 heteroatoms. The van der Waals surface area contributed by atoms with Gasteiger partial charge in [-0.05, 0) is 70.6 Å². The van der Waals surface area contributed by atoms with Crippen LogP contribution in [0.2, 0.25) is 0 Å². The fourth-order valence-corrected chi connectivity index (χ4v) is 8.64. The number of aliphatic hydroxyl groups excluding tert-OH is 2. The Labute approximate surface area is 392 Å². The molecule has 0 spiro atoms. The third-order valence-corrected chi connectivity index (χ3v) is 13.0. The fourth-order valence-electron chi connectivity index (χ4n) is 8.64. The number of rotatable bonds is 52. The van der Waals surface area contributed by atoms with Crippen LogP contribution in [0.5, 0.6) is 0 Å². The van der Waals surface area contributed by atoms with Crippen LogP contribution in [0.25, 0.3) is 0 Å². The summed E-state index contributed by atoms with van der Waals surface area (Å²) in [7, 11) is 0. The second-order valence-electron chi connectivity index (χ2n) is 19.3. The quantitative estimate of drug-likeness (QED) is 0.0321. The molecule has 0 bridgehead atoms. The van der Waals surface area contributed by atoms with Gasteiger partial charge in [0.05, 0.1) is 25.4 Å². The normalized spacial score (nSPS) is 12.8. The summed E-state index contributed by atoms with van der Waals surface area (Å²) < 4.78 is 5.43. The van der Waals surface area contributed by atoms with E-state index < -0.39 is 12.1 Å². The highest BCUT2D eigenvalue weighted by Crippen LogP contribution is 2.17. The predicted molar refractivity (Wildman–Crippen MR) is 273 cm³/mol. The van der Waals surface area contributed by atoms with E-state index in [0.717, 1.165) is 70.6 Å². The number of carbonyl (C=O) groups is 2. The minimum Gasteiger partial charge on any atom is -0.466 e. The molecule has 372 valence electrons. The summed E-state index contributed by atoms with van der Waals surface area (Å²) in [6.45, 7) is 4.86. The number of amides is 1. The molecular formula is C57H109NO5. The van der Waals surface area contributed by atoms with Crippen molar-refractivity contribution < 1.29 is 24.5 Å². The van der Waals surface area contributed by atoms with Crippen LogP contribution in [0, 0.1) is 0 Å². The molecule has 0 aromatic carbocycles. The Hall–Kier alpha value is -1.66. The smallest absolute Gasteiger partial charge is 0.305 e. The van der Waals surface area contributed by atoms with Crippen molar-refractivity contribution in [2.75, 3.05) is 13.2 Å². The first-order valence-electron chi connectivity index (χ1n) is 28.1.